The van der Waals surface area contributed by atoms with Crippen molar-refractivity contribution in [2.24, 2.45) is 10.1 Å². The van der Waals surface area contributed by atoms with Crippen LogP contribution in [0, 0.1) is 0 Å². The number of piperidine rings is 1. The molecule has 1 heterocycles. The molecule has 30 heavy (non-hydrogen) atoms. The number of rotatable bonds is 7. The molecular formula is C22H31N5O2S. The third-order valence-electron chi connectivity index (χ3n) is 5.25. The molecule has 4 N–H and O–H groups in total. The fourth-order valence-corrected chi connectivity index (χ4v) is 4.15. The van der Waals surface area contributed by atoms with Crippen molar-refractivity contribution in [3.63, 3.8) is 0 Å². The maximum Gasteiger partial charge on any atom is 0.238 e. The van der Waals surface area contributed by atoms with Gasteiger partial charge in [-0.05, 0) is 54.8 Å². The highest BCUT2D eigenvalue weighted by Gasteiger charge is 2.10. The summed E-state index contributed by atoms with van der Waals surface area (Å²) in [7, 11) is -2.00. The van der Waals surface area contributed by atoms with E-state index in [1.807, 2.05) is 6.07 Å². The number of hydrogen-bond donors (Lipinski definition) is 3. The lowest BCUT2D eigenvalue weighted by Gasteiger charge is -2.26. The van der Waals surface area contributed by atoms with E-state index in [2.05, 4.69) is 44.8 Å². The Morgan fingerprint density at radius 3 is 2.23 bits per heavy atom. The van der Waals surface area contributed by atoms with Crippen LogP contribution in [0.2, 0.25) is 0 Å². The minimum Gasteiger partial charge on any atom is -0.352 e. The highest BCUT2D eigenvalue weighted by Crippen LogP contribution is 2.14. The molecule has 0 saturated carbocycles. The normalized spacial score (nSPS) is 15.7. The summed E-state index contributed by atoms with van der Waals surface area (Å²) in [5.74, 6) is 0.647. The molecule has 8 heteroatoms. The fraction of sp³-hybridized carbons (Fsp3) is 0.409. The Bertz CT molecular complexity index is 952. The van der Waals surface area contributed by atoms with Crippen LogP contribution in [-0.2, 0) is 29.7 Å². The van der Waals surface area contributed by atoms with Crippen molar-refractivity contribution in [1.82, 2.24) is 15.5 Å². The molecule has 0 amide bonds. The maximum absolute atomic E-state index is 11.5. The van der Waals surface area contributed by atoms with Gasteiger partial charge < -0.3 is 10.6 Å². The number of nitrogens with one attached hydrogen (secondary N) is 2. The lowest BCUT2D eigenvalue weighted by molar-refractivity contribution is 0.221. The minimum atomic E-state index is -3.71. The van der Waals surface area contributed by atoms with Gasteiger partial charge in [0, 0.05) is 26.7 Å². The van der Waals surface area contributed by atoms with Crippen LogP contribution in [0.25, 0.3) is 0 Å². The molecule has 1 aliphatic heterocycles. The summed E-state index contributed by atoms with van der Waals surface area (Å²) < 4.78 is 23.0. The van der Waals surface area contributed by atoms with Crippen molar-refractivity contribution in [1.29, 1.82) is 0 Å². The average Bonchev–Trinajstić information content (AvgIpc) is 2.75. The second-order valence-electron chi connectivity index (χ2n) is 7.63. The number of benzene rings is 2. The lowest BCUT2D eigenvalue weighted by Crippen LogP contribution is -2.36. The number of likely N-dealkylation sites (tertiary alicyclic amines) is 1. The van der Waals surface area contributed by atoms with E-state index in [0.29, 0.717) is 19.0 Å². The highest BCUT2D eigenvalue weighted by atomic mass is 32.2. The number of sulfonamides is 1. The number of hydrogen-bond acceptors (Lipinski definition) is 4. The van der Waals surface area contributed by atoms with Crippen molar-refractivity contribution < 1.29 is 8.42 Å². The first-order chi connectivity index (χ1) is 14.4. The van der Waals surface area contributed by atoms with Gasteiger partial charge in [0.25, 0.3) is 0 Å². The molecule has 1 saturated heterocycles. The second-order valence-corrected chi connectivity index (χ2v) is 9.19. The zero-order chi connectivity index (χ0) is 21.4. The Labute approximate surface area is 179 Å². The number of nitrogens with two attached hydrogens (primary N) is 1. The van der Waals surface area contributed by atoms with E-state index in [-0.39, 0.29) is 4.90 Å². The van der Waals surface area contributed by atoms with Gasteiger partial charge in [-0.1, -0.05) is 42.8 Å². The third-order valence-corrected chi connectivity index (χ3v) is 6.16. The third kappa shape index (κ3) is 6.83. The van der Waals surface area contributed by atoms with Crippen molar-refractivity contribution in [2.45, 2.75) is 43.8 Å². The summed E-state index contributed by atoms with van der Waals surface area (Å²) in [6.07, 6.45) is 3.97. The molecule has 2 aromatic carbocycles. The predicted octanol–water partition coefficient (Wildman–Crippen LogP) is 2.19. The van der Waals surface area contributed by atoms with Gasteiger partial charge in [-0.15, -0.1) is 0 Å². The molecular weight excluding hydrogens is 398 g/mol. The summed E-state index contributed by atoms with van der Waals surface area (Å²) in [6.45, 7) is 4.52. The summed E-state index contributed by atoms with van der Waals surface area (Å²) in [5.41, 5.74) is 3.33. The van der Waals surface area contributed by atoms with E-state index >= 15 is 0 Å². The second kappa shape index (κ2) is 10.6. The maximum atomic E-state index is 11.5. The van der Waals surface area contributed by atoms with Crippen LogP contribution in [0.1, 0.15) is 36.0 Å². The molecule has 0 aliphatic carbocycles. The Hall–Kier alpha value is -2.42. The topological polar surface area (TPSA) is 99.8 Å². The van der Waals surface area contributed by atoms with Gasteiger partial charge in [0.1, 0.15) is 0 Å². The number of nitrogens with zero attached hydrogens (tertiary/aromatic N) is 2. The molecule has 0 radical (unpaired) electrons. The molecule has 0 atom stereocenters. The van der Waals surface area contributed by atoms with E-state index in [1.54, 1.807) is 19.2 Å². The average molecular weight is 430 g/mol. The Kier molecular flexibility index (Phi) is 7.84. The van der Waals surface area contributed by atoms with Gasteiger partial charge in [0.05, 0.1) is 4.90 Å². The molecule has 3 rings (SSSR count). The van der Waals surface area contributed by atoms with E-state index < -0.39 is 10.0 Å². The first-order valence-corrected chi connectivity index (χ1v) is 11.8. The SMILES string of the molecule is CN=C(NCc1ccc(CN2CCCCC2)cc1)NCc1cccc(S(N)(=O)=O)c1. The van der Waals surface area contributed by atoms with Crippen molar-refractivity contribution >= 4 is 16.0 Å². The van der Waals surface area contributed by atoms with Gasteiger partial charge in [0.2, 0.25) is 10.0 Å². The smallest absolute Gasteiger partial charge is 0.238 e. The monoisotopic (exact) mass is 429 g/mol. The van der Waals surface area contributed by atoms with Crippen LogP contribution in [0.4, 0.5) is 0 Å². The van der Waals surface area contributed by atoms with Crippen molar-refractivity contribution in [3.05, 3.63) is 65.2 Å². The summed E-state index contributed by atoms with van der Waals surface area (Å²) in [4.78, 5) is 6.86. The Balaban J connectivity index is 1.48. The van der Waals surface area contributed by atoms with Crippen LogP contribution < -0.4 is 15.8 Å². The number of guanidine groups is 1. The molecule has 7 nitrogen and oxygen atoms in total. The fourth-order valence-electron chi connectivity index (χ4n) is 3.56. The van der Waals surface area contributed by atoms with Gasteiger partial charge >= 0.3 is 0 Å². The van der Waals surface area contributed by atoms with Gasteiger partial charge in [-0.2, -0.15) is 0 Å². The van der Waals surface area contributed by atoms with E-state index in [4.69, 9.17) is 5.14 Å². The van der Waals surface area contributed by atoms with Crippen LogP contribution in [0.15, 0.2) is 58.4 Å². The van der Waals surface area contributed by atoms with E-state index in [1.165, 1.54) is 49.5 Å². The van der Waals surface area contributed by atoms with Crippen LogP contribution in [0.3, 0.4) is 0 Å². The predicted molar refractivity (Wildman–Crippen MR) is 120 cm³/mol. The summed E-state index contributed by atoms with van der Waals surface area (Å²) >= 11 is 0. The highest BCUT2D eigenvalue weighted by molar-refractivity contribution is 7.89. The Morgan fingerprint density at radius 1 is 0.967 bits per heavy atom. The van der Waals surface area contributed by atoms with Gasteiger partial charge in [-0.3, -0.25) is 9.89 Å². The zero-order valence-electron chi connectivity index (χ0n) is 17.5. The molecule has 0 unspecified atom stereocenters. The molecule has 0 bridgehead atoms. The lowest BCUT2D eigenvalue weighted by atomic mass is 10.1. The van der Waals surface area contributed by atoms with Gasteiger partial charge in [-0.25, -0.2) is 13.6 Å². The molecule has 1 aliphatic rings. The molecule has 0 spiro atoms. The summed E-state index contributed by atoms with van der Waals surface area (Å²) in [5, 5.41) is 11.7. The van der Waals surface area contributed by atoms with E-state index in [9.17, 15) is 8.42 Å². The number of primary sulfonamides is 1. The first kappa shape index (κ1) is 22.3. The van der Waals surface area contributed by atoms with Crippen LogP contribution >= 0.6 is 0 Å². The minimum absolute atomic E-state index is 0.106. The Morgan fingerprint density at radius 2 is 1.60 bits per heavy atom. The summed E-state index contributed by atoms with van der Waals surface area (Å²) in [6, 6.07) is 15.3. The van der Waals surface area contributed by atoms with Crippen molar-refractivity contribution in [2.75, 3.05) is 20.1 Å². The van der Waals surface area contributed by atoms with Crippen molar-refractivity contribution in [3.8, 4) is 0 Å². The van der Waals surface area contributed by atoms with Gasteiger partial charge in [0.15, 0.2) is 5.96 Å². The van der Waals surface area contributed by atoms with Crippen LogP contribution in [0.5, 0.6) is 0 Å². The standard InChI is InChI=1S/C22H31N5O2S/c1-24-22(26-16-20-6-5-7-21(14-20)30(23,28)29)25-15-18-8-10-19(11-9-18)17-27-12-3-2-4-13-27/h5-11,14H,2-4,12-13,15-17H2,1H3,(H2,23,28,29)(H2,24,25,26). The molecule has 2 aromatic rings. The molecule has 0 aromatic heterocycles. The quantitative estimate of drug-likeness (QED) is 0.463. The molecule has 162 valence electrons. The van der Waals surface area contributed by atoms with E-state index in [0.717, 1.165) is 12.1 Å². The largest absolute Gasteiger partial charge is 0.352 e. The van der Waals surface area contributed by atoms with Crippen LogP contribution in [-0.4, -0.2) is 39.4 Å². The molecule has 1 fully saturated rings. The number of aliphatic imine (C=N–C) groups is 1. The first-order valence-electron chi connectivity index (χ1n) is 10.3. The zero-order valence-corrected chi connectivity index (χ0v) is 18.3.